The van der Waals surface area contributed by atoms with Crippen molar-refractivity contribution in [2.45, 2.75) is 63.8 Å². The zero-order valence-corrected chi connectivity index (χ0v) is 13.0. The lowest BCUT2D eigenvalue weighted by atomic mass is 10.0. The Kier molecular flexibility index (Phi) is 6.17. The molecule has 2 atom stereocenters. The van der Waals surface area contributed by atoms with Gasteiger partial charge in [0.25, 0.3) is 0 Å². The molecule has 1 aliphatic rings. The van der Waals surface area contributed by atoms with E-state index in [1.165, 1.54) is 31.4 Å². The fourth-order valence-electron chi connectivity index (χ4n) is 2.65. The maximum atomic E-state index is 4.43. The molecule has 1 N–H and O–H groups in total. The highest BCUT2D eigenvalue weighted by molar-refractivity contribution is 8.00. The SMILES string of the molecule is CCCNC(Cc1ncnn1CC)C1CCCCS1. The molecule has 0 aromatic carbocycles. The predicted octanol–water partition coefficient (Wildman–Crippen LogP) is 2.49. The highest BCUT2D eigenvalue weighted by Gasteiger charge is 2.25. The molecule has 2 unspecified atom stereocenters. The van der Waals surface area contributed by atoms with Gasteiger partial charge >= 0.3 is 0 Å². The summed E-state index contributed by atoms with van der Waals surface area (Å²) in [4.78, 5) is 4.43. The summed E-state index contributed by atoms with van der Waals surface area (Å²) in [5, 5.41) is 8.75. The molecule has 0 spiro atoms. The number of hydrogen-bond acceptors (Lipinski definition) is 4. The number of nitrogens with zero attached hydrogens (tertiary/aromatic N) is 3. The molecule has 0 amide bonds. The summed E-state index contributed by atoms with van der Waals surface area (Å²) in [6, 6.07) is 0.541. The Bertz CT molecular complexity index is 360. The molecule has 2 heterocycles. The number of thioether (sulfide) groups is 1. The zero-order valence-electron chi connectivity index (χ0n) is 12.1. The van der Waals surface area contributed by atoms with Crippen molar-refractivity contribution in [3.63, 3.8) is 0 Å². The van der Waals surface area contributed by atoms with Gasteiger partial charge in [0.1, 0.15) is 12.2 Å². The molecule has 0 aliphatic carbocycles. The van der Waals surface area contributed by atoms with Crippen LogP contribution in [0.3, 0.4) is 0 Å². The Morgan fingerprint density at radius 2 is 2.37 bits per heavy atom. The van der Waals surface area contributed by atoms with E-state index >= 15 is 0 Å². The van der Waals surface area contributed by atoms with Crippen molar-refractivity contribution in [2.75, 3.05) is 12.3 Å². The molecule has 1 aliphatic heterocycles. The second-order valence-corrected chi connectivity index (χ2v) is 6.51. The van der Waals surface area contributed by atoms with Crippen molar-refractivity contribution in [2.24, 2.45) is 0 Å². The first-order chi connectivity index (χ1) is 9.35. The summed E-state index contributed by atoms with van der Waals surface area (Å²) in [5.41, 5.74) is 0. The minimum absolute atomic E-state index is 0.541. The van der Waals surface area contributed by atoms with Gasteiger partial charge < -0.3 is 5.32 Å². The summed E-state index contributed by atoms with van der Waals surface area (Å²) >= 11 is 2.14. The van der Waals surface area contributed by atoms with Gasteiger partial charge in [-0.25, -0.2) is 4.98 Å². The molecule has 0 saturated carbocycles. The van der Waals surface area contributed by atoms with Crippen LogP contribution in [0.1, 0.15) is 45.4 Å². The molecule has 1 fully saturated rings. The molecule has 2 rings (SSSR count). The van der Waals surface area contributed by atoms with E-state index < -0.39 is 0 Å². The van der Waals surface area contributed by atoms with Gasteiger partial charge in [0.05, 0.1) is 0 Å². The third kappa shape index (κ3) is 4.21. The number of hydrogen-bond donors (Lipinski definition) is 1. The molecule has 5 heteroatoms. The Hall–Kier alpha value is -0.550. The van der Waals surface area contributed by atoms with Crippen molar-refractivity contribution in [1.29, 1.82) is 0 Å². The van der Waals surface area contributed by atoms with Crippen molar-refractivity contribution < 1.29 is 0 Å². The topological polar surface area (TPSA) is 42.7 Å². The van der Waals surface area contributed by atoms with E-state index in [4.69, 9.17) is 0 Å². The molecule has 108 valence electrons. The van der Waals surface area contributed by atoms with Gasteiger partial charge in [0, 0.05) is 24.3 Å². The lowest BCUT2D eigenvalue weighted by molar-refractivity contribution is 0.443. The third-order valence-electron chi connectivity index (χ3n) is 3.72. The van der Waals surface area contributed by atoms with Crippen LogP contribution < -0.4 is 5.32 Å². The monoisotopic (exact) mass is 282 g/mol. The number of aryl methyl sites for hydroxylation is 1. The van der Waals surface area contributed by atoms with Crippen molar-refractivity contribution in [3.8, 4) is 0 Å². The maximum Gasteiger partial charge on any atom is 0.138 e. The summed E-state index contributed by atoms with van der Waals surface area (Å²) in [7, 11) is 0. The van der Waals surface area contributed by atoms with E-state index in [0.29, 0.717) is 6.04 Å². The van der Waals surface area contributed by atoms with Crippen LogP contribution in [-0.2, 0) is 13.0 Å². The second kappa shape index (κ2) is 7.90. The van der Waals surface area contributed by atoms with Gasteiger partial charge in [0.15, 0.2) is 0 Å². The molecule has 4 nitrogen and oxygen atoms in total. The van der Waals surface area contributed by atoms with Crippen LogP contribution in [-0.4, -0.2) is 38.4 Å². The minimum atomic E-state index is 0.541. The molecule has 1 aromatic heterocycles. The summed E-state index contributed by atoms with van der Waals surface area (Å²) in [6.07, 6.45) is 7.98. The van der Waals surface area contributed by atoms with Gasteiger partial charge in [0.2, 0.25) is 0 Å². The summed E-state index contributed by atoms with van der Waals surface area (Å²) < 4.78 is 2.02. The van der Waals surface area contributed by atoms with E-state index in [2.05, 4.69) is 41.0 Å². The predicted molar refractivity (Wildman–Crippen MR) is 81.6 cm³/mol. The summed E-state index contributed by atoms with van der Waals surface area (Å²) in [5.74, 6) is 2.44. The highest BCUT2D eigenvalue weighted by Crippen LogP contribution is 2.28. The first kappa shape index (κ1) is 14.9. The molecule has 1 aromatic rings. The first-order valence-corrected chi connectivity index (χ1v) is 8.61. The Balaban J connectivity index is 1.99. The number of rotatable bonds is 7. The van der Waals surface area contributed by atoms with Crippen LogP contribution in [0.25, 0.3) is 0 Å². The van der Waals surface area contributed by atoms with Crippen molar-refractivity contribution >= 4 is 11.8 Å². The van der Waals surface area contributed by atoms with Gasteiger partial charge in [-0.05, 0) is 38.5 Å². The smallest absolute Gasteiger partial charge is 0.138 e. The van der Waals surface area contributed by atoms with E-state index in [9.17, 15) is 0 Å². The van der Waals surface area contributed by atoms with E-state index in [1.807, 2.05) is 4.68 Å². The lowest BCUT2D eigenvalue weighted by Crippen LogP contribution is -2.42. The normalized spacial score (nSPS) is 21.5. The number of nitrogens with one attached hydrogen (secondary N) is 1. The maximum absolute atomic E-state index is 4.43. The van der Waals surface area contributed by atoms with Crippen LogP contribution in [0.4, 0.5) is 0 Å². The van der Waals surface area contributed by atoms with Gasteiger partial charge in [-0.15, -0.1) is 0 Å². The van der Waals surface area contributed by atoms with Gasteiger partial charge in [-0.1, -0.05) is 13.3 Å². The van der Waals surface area contributed by atoms with E-state index in [0.717, 1.165) is 30.6 Å². The second-order valence-electron chi connectivity index (χ2n) is 5.16. The van der Waals surface area contributed by atoms with Crippen LogP contribution in [0, 0.1) is 0 Å². The van der Waals surface area contributed by atoms with Crippen LogP contribution in [0.2, 0.25) is 0 Å². The standard InChI is InChI=1S/C14H26N4S/c1-3-8-15-12(13-7-5-6-9-19-13)10-14-16-11-17-18(14)4-2/h11-13,15H,3-10H2,1-2H3. The fourth-order valence-corrected chi connectivity index (χ4v) is 4.09. The molecule has 19 heavy (non-hydrogen) atoms. The van der Waals surface area contributed by atoms with Gasteiger partial charge in [-0.2, -0.15) is 16.9 Å². The number of aromatic nitrogens is 3. The molecule has 0 radical (unpaired) electrons. The van der Waals surface area contributed by atoms with Gasteiger partial charge in [-0.3, -0.25) is 4.68 Å². The third-order valence-corrected chi connectivity index (χ3v) is 5.23. The average Bonchev–Trinajstić information content (AvgIpc) is 2.91. The first-order valence-electron chi connectivity index (χ1n) is 7.56. The molecule has 1 saturated heterocycles. The Morgan fingerprint density at radius 3 is 3.05 bits per heavy atom. The van der Waals surface area contributed by atoms with Crippen LogP contribution in [0.15, 0.2) is 6.33 Å². The highest BCUT2D eigenvalue weighted by atomic mass is 32.2. The van der Waals surface area contributed by atoms with Crippen LogP contribution in [0.5, 0.6) is 0 Å². The lowest BCUT2D eigenvalue weighted by Gasteiger charge is -2.30. The zero-order chi connectivity index (χ0) is 13.5. The largest absolute Gasteiger partial charge is 0.312 e. The summed E-state index contributed by atoms with van der Waals surface area (Å²) in [6.45, 7) is 6.37. The Morgan fingerprint density at radius 1 is 1.47 bits per heavy atom. The fraction of sp³-hybridized carbons (Fsp3) is 0.857. The Labute approximate surface area is 120 Å². The van der Waals surface area contributed by atoms with Crippen molar-refractivity contribution in [1.82, 2.24) is 20.1 Å². The average molecular weight is 282 g/mol. The van der Waals surface area contributed by atoms with E-state index in [-0.39, 0.29) is 0 Å². The van der Waals surface area contributed by atoms with Crippen LogP contribution >= 0.6 is 11.8 Å². The molecule has 0 bridgehead atoms. The van der Waals surface area contributed by atoms with Crippen molar-refractivity contribution in [3.05, 3.63) is 12.2 Å². The molecular weight excluding hydrogens is 256 g/mol. The molecular formula is C14H26N4S. The van der Waals surface area contributed by atoms with E-state index in [1.54, 1.807) is 6.33 Å². The quantitative estimate of drug-likeness (QED) is 0.834. The minimum Gasteiger partial charge on any atom is -0.312 e.